The highest BCUT2D eigenvalue weighted by atomic mass is 32.3. The minimum absolute atomic E-state index is 1.15. The van der Waals surface area contributed by atoms with Crippen LogP contribution in [-0.2, 0) is 0 Å². The summed E-state index contributed by atoms with van der Waals surface area (Å²) in [7, 11) is -1.35. The maximum Gasteiger partial charge on any atom is 0.0591 e. The van der Waals surface area contributed by atoms with Gasteiger partial charge in [0, 0.05) is 46.9 Å². The van der Waals surface area contributed by atoms with E-state index in [1.165, 1.54) is 79.8 Å². The molecule has 0 saturated carbocycles. The molecule has 1 aliphatic rings. The second-order valence-corrected chi connectivity index (χ2v) is 18.3. The zero-order valence-corrected chi connectivity index (χ0v) is 30.1. The number of fused-ring (bicyclic) bond motifs is 8. The van der Waals surface area contributed by atoms with Crippen LogP contribution in [0.15, 0.2) is 186 Å². The van der Waals surface area contributed by atoms with Gasteiger partial charge in [-0.2, -0.15) is 10.0 Å². The third-order valence-electron chi connectivity index (χ3n) is 10.5. The minimum atomic E-state index is -1.35. The van der Waals surface area contributed by atoms with E-state index in [1.54, 1.807) is 0 Å². The lowest BCUT2D eigenvalue weighted by atomic mass is 10.00. The molecule has 1 aliphatic heterocycles. The molecular formula is C48H35NS2. The van der Waals surface area contributed by atoms with Gasteiger partial charge in [-0.05, 0) is 99.6 Å². The van der Waals surface area contributed by atoms with E-state index in [4.69, 9.17) is 0 Å². The highest BCUT2D eigenvalue weighted by molar-refractivity contribution is 8.33. The molecule has 0 N–H and O–H groups in total. The molecule has 244 valence electrons. The van der Waals surface area contributed by atoms with Crippen molar-refractivity contribution < 1.29 is 0 Å². The molecule has 0 unspecified atom stereocenters. The summed E-state index contributed by atoms with van der Waals surface area (Å²) in [6.07, 6.45) is 4.98. The lowest BCUT2D eigenvalue weighted by Crippen LogP contribution is -2.13. The second kappa shape index (κ2) is 11.7. The van der Waals surface area contributed by atoms with E-state index in [0.29, 0.717) is 0 Å². The average molecular weight is 690 g/mol. The Morgan fingerprint density at radius 1 is 0.471 bits per heavy atom. The summed E-state index contributed by atoms with van der Waals surface area (Å²) >= 11 is 1.94. The summed E-state index contributed by atoms with van der Waals surface area (Å²) in [4.78, 5) is 5.43. The van der Waals surface area contributed by atoms with Crippen LogP contribution in [0.3, 0.4) is 0 Å². The van der Waals surface area contributed by atoms with Crippen molar-refractivity contribution in [3.05, 3.63) is 176 Å². The molecule has 1 nitrogen and oxygen atoms in total. The van der Waals surface area contributed by atoms with Gasteiger partial charge in [-0.25, -0.2) is 0 Å². The maximum absolute atomic E-state index is 2.50. The van der Waals surface area contributed by atoms with Crippen molar-refractivity contribution in [1.82, 2.24) is 0 Å². The van der Waals surface area contributed by atoms with Crippen molar-refractivity contribution in [2.24, 2.45) is 0 Å². The molecule has 2 heterocycles. The first-order chi connectivity index (χ1) is 25.0. The lowest BCUT2D eigenvalue weighted by molar-refractivity contribution is 1.23. The van der Waals surface area contributed by atoms with Crippen molar-refractivity contribution in [1.29, 1.82) is 0 Å². The van der Waals surface area contributed by atoms with Gasteiger partial charge in [0.05, 0.1) is 5.69 Å². The molecule has 0 bridgehead atoms. The van der Waals surface area contributed by atoms with Crippen LogP contribution in [0.1, 0.15) is 0 Å². The molecule has 0 aliphatic carbocycles. The van der Waals surface area contributed by atoms with Crippen molar-refractivity contribution in [2.75, 3.05) is 17.4 Å². The molecule has 0 saturated heterocycles. The first-order valence-electron chi connectivity index (χ1n) is 17.4. The van der Waals surface area contributed by atoms with Crippen LogP contribution in [0.25, 0.3) is 64.3 Å². The van der Waals surface area contributed by atoms with Crippen molar-refractivity contribution in [3.8, 4) is 33.4 Å². The minimum Gasteiger partial charge on any atom is -0.309 e. The van der Waals surface area contributed by atoms with Gasteiger partial charge >= 0.3 is 0 Å². The molecule has 3 heteroatoms. The number of hydrogen-bond donors (Lipinski definition) is 0. The van der Waals surface area contributed by atoms with E-state index < -0.39 is 10.0 Å². The number of thiophene rings is 1. The molecule has 0 amide bonds. The highest BCUT2D eigenvalue weighted by Crippen LogP contribution is 2.71. The van der Waals surface area contributed by atoms with Crippen LogP contribution in [0.2, 0.25) is 0 Å². The Hall–Kier alpha value is -5.61. The second-order valence-electron chi connectivity index (χ2n) is 13.8. The Bertz CT molecular complexity index is 2780. The van der Waals surface area contributed by atoms with Crippen LogP contribution in [-0.4, -0.2) is 12.5 Å². The molecule has 0 fully saturated rings. The van der Waals surface area contributed by atoms with Crippen LogP contribution in [0.4, 0.5) is 17.1 Å². The SMILES string of the molecule is CS1(C)c2ccc3c(sc4ccccc43)c2-c2cccc(N(c3ccc(-c4ccc5ccccc5c4)cc3)c3cccc(-c4ccccc4)c3)c21. The standard InChI is InChI=1S/C48H35NS2/c1-51(2)45-29-28-41-40-18-8-9-21-44(40)50-47(41)46(45)42-19-11-20-43(48(42)51)49(39-17-10-16-36(31-39)32-12-4-3-5-13-32)38-26-24-34(25-27-38)37-23-22-33-14-6-7-15-35(33)30-37/h3-31H,1-2H3. The van der Waals surface area contributed by atoms with Crippen LogP contribution in [0.5, 0.6) is 0 Å². The Morgan fingerprint density at radius 2 is 1.16 bits per heavy atom. The summed E-state index contributed by atoms with van der Waals surface area (Å²) < 4.78 is 2.76. The van der Waals surface area contributed by atoms with E-state index in [0.717, 1.165) is 11.4 Å². The first-order valence-corrected chi connectivity index (χ1v) is 20.7. The van der Waals surface area contributed by atoms with Gasteiger partial charge in [0.2, 0.25) is 0 Å². The summed E-state index contributed by atoms with van der Waals surface area (Å²) in [6.45, 7) is 0. The summed E-state index contributed by atoms with van der Waals surface area (Å²) in [6, 6.07) is 64.9. The van der Waals surface area contributed by atoms with Crippen LogP contribution >= 0.6 is 21.4 Å². The quantitative estimate of drug-likeness (QED) is 0.174. The van der Waals surface area contributed by atoms with E-state index in [1.807, 2.05) is 11.3 Å². The number of benzene rings is 8. The van der Waals surface area contributed by atoms with Crippen LogP contribution < -0.4 is 4.90 Å². The molecule has 9 aromatic rings. The molecule has 8 aromatic carbocycles. The van der Waals surface area contributed by atoms with E-state index in [2.05, 4.69) is 193 Å². The normalized spacial score (nSPS) is 13.7. The summed E-state index contributed by atoms with van der Waals surface area (Å²) in [5.74, 6) is 0. The molecule has 1 aromatic heterocycles. The first kappa shape index (κ1) is 30.2. The fraction of sp³-hybridized carbons (Fsp3) is 0.0417. The fourth-order valence-corrected chi connectivity index (χ4v) is 12.1. The Balaban J connectivity index is 1.17. The largest absolute Gasteiger partial charge is 0.309 e. The zero-order chi connectivity index (χ0) is 34.1. The predicted octanol–water partition coefficient (Wildman–Crippen LogP) is 14.5. The lowest BCUT2D eigenvalue weighted by Gasteiger charge is -2.35. The molecule has 51 heavy (non-hydrogen) atoms. The molecule has 0 radical (unpaired) electrons. The van der Waals surface area contributed by atoms with Gasteiger partial charge in [-0.15, -0.1) is 11.3 Å². The topological polar surface area (TPSA) is 3.24 Å². The van der Waals surface area contributed by atoms with Crippen molar-refractivity contribution in [3.63, 3.8) is 0 Å². The molecular weight excluding hydrogens is 655 g/mol. The number of rotatable bonds is 5. The summed E-state index contributed by atoms with van der Waals surface area (Å²) in [5, 5.41) is 5.23. The van der Waals surface area contributed by atoms with Gasteiger partial charge in [0.15, 0.2) is 0 Å². The maximum atomic E-state index is 2.50. The number of hydrogen-bond acceptors (Lipinski definition) is 2. The third-order valence-corrected chi connectivity index (χ3v) is 14.6. The monoisotopic (exact) mass is 689 g/mol. The van der Waals surface area contributed by atoms with Gasteiger partial charge < -0.3 is 4.90 Å². The smallest absolute Gasteiger partial charge is 0.0591 e. The summed E-state index contributed by atoms with van der Waals surface area (Å²) in [5.41, 5.74) is 11.2. The fourth-order valence-electron chi connectivity index (χ4n) is 8.05. The van der Waals surface area contributed by atoms with Gasteiger partial charge in [0.1, 0.15) is 0 Å². The predicted molar refractivity (Wildman–Crippen MR) is 224 cm³/mol. The Morgan fingerprint density at radius 3 is 2.02 bits per heavy atom. The van der Waals surface area contributed by atoms with Crippen LogP contribution in [0, 0.1) is 0 Å². The molecule has 0 atom stereocenters. The van der Waals surface area contributed by atoms with Gasteiger partial charge in [-0.1, -0.05) is 127 Å². The highest BCUT2D eigenvalue weighted by Gasteiger charge is 2.37. The van der Waals surface area contributed by atoms with Crippen molar-refractivity contribution >= 4 is 69.4 Å². The average Bonchev–Trinajstić information content (AvgIpc) is 3.68. The van der Waals surface area contributed by atoms with E-state index in [-0.39, 0.29) is 0 Å². The van der Waals surface area contributed by atoms with E-state index >= 15 is 0 Å². The number of anilines is 3. The van der Waals surface area contributed by atoms with Gasteiger partial charge in [0.25, 0.3) is 0 Å². The third kappa shape index (κ3) is 4.84. The molecule has 10 rings (SSSR count). The Labute approximate surface area is 304 Å². The Kier molecular flexibility index (Phi) is 6.96. The zero-order valence-electron chi connectivity index (χ0n) is 28.5. The molecule has 0 spiro atoms. The van der Waals surface area contributed by atoms with Crippen molar-refractivity contribution in [2.45, 2.75) is 9.79 Å². The van der Waals surface area contributed by atoms with Gasteiger partial charge in [-0.3, -0.25) is 0 Å². The van der Waals surface area contributed by atoms with E-state index in [9.17, 15) is 0 Å². The number of nitrogens with zero attached hydrogens (tertiary/aromatic N) is 1.